The summed E-state index contributed by atoms with van der Waals surface area (Å²) in [6.45, 7) is 6.45. The van der Waals surface area contributed by atoms with E-state index in [0.29, 0.717) is 12.0 Å². The first-order valence-electron chi connectivity index (χ1n) is 10.8. The molecule has 0 bridgehead atoms. The van der Waals surface area contributed by atoms with Crippen LogP contribution in [-0.4, -0.2) is 68.6 Å². The van der Waals surface area contributed by atoms with Crippen molar-refractivity contribution in [1.29, 1.82) is 0 Å². The van der Waals surface area contributed by atoms with Gasteiger partial charge in [0.05, 0.1) is 25.4 Å². The highest BCUT2D eigenvalue weighted by molar-refractivity contribution is 5.37. The molecule has 4 fully saturated rings. The fraction of sp³-hybridized carbons (Fsp3) is 0.727. The number of likely N-dealkylation sites (tertiary alicyclic amines) is 1. The second-order valence-corrected chi connectivity index (χ2v) is 8.88. The third kappa shape index (κ3) is 3.80. The van der Waals surface area contributed by atoms with Crippen molar-refractivity contribution >= 4 is 0 Å². The number of hydrogen-bond donors (Lipinski definition) is 1. The molecule has 4 aliphatic heterocycles. The van der Waals surface area contributed by atoms with Gasteiger partial charge >= 0.3 is 0 Å². The van der Waals surface area contributed by atoms with Crippen molar-refractivity contribution < 1.29 is 18.6 Å². The van der Waals surface area contributed by atoms with E-state index in [1.165, 1.54) is 6.07 Å². The summed E-state index contributed by atoms with van der Waals surface area (Å²) >= 11 is 0. The summed E-state index contributed by atoms with van der Waals surface area (Å²) in [4.78, 5) is 2.59. The Morgan fingerprint density at radius 1 is 1.11 bits per heavy atom. The Kier molecular flexibility index (Phi) is 5.30. The highest BCUT2D eigenvalue weighted by Gasteiger charge is 2.47. The van der Waals surface area contributed by atoms with Gasteiger partial charge < -0.3 is 19.5 Å². The van der Waals surface area contributed by atoms with E-state index in [1.54, 1.807) is 6.07 Å². The number of piperidine rings is 1. The molecule has 1 atom stereocenters. The van der Waals surface area contributed by atoms with Gasteiger partial charge in [0.25, 0.3) is 0 Å². The van der Waals surface area contributed by atoms with E-state index < -0.39 is 0 Å². The van der Waals surface area contributed by atoms with Crippen LogP contribution in [0.15, 0.2) is 18.2 Å². The van der Waals surface area contributed by atoms with E-state index in [1.807, 2.05) is 6.07 Å². The minimum Gasteiger partial charge on any atom is -0.490 e. The van der Waals surface area contributed by atoms with Crippen molar-refractivity contribution in [2.75, 3.05) is 46.0 Å². The largest absolute Gasteiger partial charge is 0.490 e. The van der Waals surface area contributed by atoms with Crippen molar-refractivity contribution in [3.63, 3.8) is 0 Å². The monoisotopic (exact) mass is 390 g/mol. The van der Waals surface area contributed by atoms with Gasteiger partial charge in [-0.2, -0.15) is 0 Å². The van der Waals surface area contributed by atoms with Crippen LogP contribution in [0.25, 0.3) is 0 Å². The fourth-order valence-corrected chi connectivity index (χ4v) is 5.20. The van der Waals surface area contributed by atoms with Gasteiger partial charge in [0.15, 0.2) is 0 Å². The molecule has 28 heavy (non-hydrogen) atoms. The molecule has 1 unspecified atom stereocenters. The second-order valence-electron chi connectivity index (χ2n) is 8.88. The minimum absolute atomic E-state index is 0.106. The molecule has 4 aliphatic rings. The quantitative estimate of drug-likeness (QED) is 0.856. The third-order valence-electron chi connectivity index (χ3n) is 7.00. The van der Waals surface area contributed by atoms with Crippen LogP contribution < -0.4 is 10.1 Å². The second kappa shape index (κ2) is 7.90. The number of ether oxygens (including phenoxy) is 3. The van der Waals surface area contributed by atoms with Crippen molar-refractivity contribution in [2.45, 2.75) is 55.8 Å². The summed E-state index contributed by atoms with van der Waals surface area (Å²) in [7, 11) is 0. The minimum atomic E-state index is -0.166. The molecule has 5 rings (SSSR count). The van der Waals surface area contributed by atoms with Crippen molar-refractivity contribution in [3.8, 4) is 5.75 Å². The number of nitrogens with zero attached hydrogens (tertiary/aromatic N) is 1. The van der Waals surface area contributed by atoms with Gasteiger partial charge in [-0.1, -0.05) is 0 Å². The highest BCUT2D eigenvalue weighted by Crippen LogP contribution is 2.38. The van der Waals surface area contributed by atoms with Gasteiger partial charge in [-0.05, 0) is 56.5 Å². The molecule has 5 nitrogen and oxygen atoms in total. The van der Waals surface area contributed by atoms with Crippen LogP contribution in [0.2, 0.25) is 0 Å². The lowest BCUT2D eigenvalue weighted by Gasteiger charge is -2.40. The standard InChI is InChI=1S/C22H31FN2O3/c23-17-1-2-21(28-19-5-9-26-10-6-19)20(11-17)16-3-7-25(8-4-16)18-12-22(27-13-18)14-24-15-22/h1-2,11,16,18-19,24H,3-10,12-15H2. The average Bonchev–Trinajstić information content (AvgIpc) is 3.17. The normalized spacial score (nSPS) is 29.1. The van der Waals surface area contributed by atoms with Crippen LogP contribution in [0.5, 0.6) is 5.75 Å². The Morgan fingerprint density at radius 2 is 1.89 bits per heavy atom. The zero-order valence-electron chi connectivity index (χ0n) is 16.5. The molecule has 1 aromatic rings. The van der Waals surface area contributed by atoms with Gasteiger partial charge in [-0.15, -0.1) is 0 Å². The smallest absolute Gasteiger partial charge is 0.123 e. The topological polar surface area (TPSA) is 43.0 Å². The van der Waals surface area contributed by atoms with Crippen LogP contribution in [-0.2, 0) is 9.47 Å². The Labute approximate surface area is 166 Å². The SMILES string of the molecule is Fc1ccc(OC2CCOCC2)c(C2CCN(C3COC4(CNC4)C3)CC2)c1. The summed E-state index contributed by atoms with van der Waals surface area (Å²) in [5.41, 5.74) is 1.16. The van der Waals surface area contributed by atoms with Gasteiger partial charge in [0, 0.05) is 37.5 Å². The lowest BCUT2D eigenvalue weighted by molar-refractivity contribution is -0.0367. The van der Waals surface area contributed by atoms with Gasteiger partial charge in [-0.25, -0.2) is 4.39 Å². The van der Waals surface area contributed by atoms with Crippen LogP contribution >= 0.6 is 0 Å². The molecule has 0 aliphatic carbocycles. The summed E-state index contributed by atoms with van der Waals surface area (Å²) in [6, 6.07) is 5.58. The van der Waals surface area contributed by atoms with Crippen LogP contribution in [0.4, 0.5) is 4.39 Å². The first-order valence-corrected chi connectivity index (χ1v) is 10.8. The van der Waals surface area contributed by atoms with E-state index in [9.17, 15) is 4.39 Å². The molecule has 1 spiro atoms. The molecule has 0 radical (unpaired) electrons. The number of benzene rings is 1. The third-order valence-corrected chi connectivity index (χ3v) is 7.00. The molecular weight excluding hydrogens is 359 g/mol. The Bertz CT molecular complexity index is 682. The Morgan fingerprint density at radius 3 is 2.57 bits per heavy atom. The molecular formula is C22H31FN2O3. The molecule has 0 saturated carbocycles. The summed E-state index contributed by atoms with van der Waals surface area (Å²) in [5, 5.41) is 3.34. The first kappa shape index (κ1) is 18.8. The van der Waals surface area contributed by atoms with Crippen LogP contribution in [0, 0.1) is 5.82 Å². The molecule has 0 amide bonds. The maximum Gasteiger partial charge on any atom is 0.123 e. The predicted molar refractivity (Wildman–Crippen MR) is 104 cm³/mol. The van der Waals surface area contributed by atoms with E-state index in [4.69, 9.17) is 14.2 Å². The molecule has 6 heteroatoms. The number of nitrogens with one attached hydrogen (secondary N) is 1. The maximum absolute atomic E-state index is 14.0. The maximum atomic E-state index is 14.0. The molecule has 1 aromatic carbocycles. The van der Waals surface area contributed by atoms with Gasteiger partial charge in [0.2, 0.25) is 0 Å². The summed E-state index contributed by atoms with van der Waals surface area (Å²) in [5.74, 6) is 1.07. The van der Waals surface area contributed by atoms with E-state index in [2.05, 4.69) is 10.2 Å². The summed E-state index contributed by atoms with van der Waals surface area (Å²) < 4.78 is 31.8. The van der Waals surface area contributed by atoms with E-state index in [0.717, 1.165) is 89.4 Å². The Hall–Kier alpha value is -1.21. The fourth-order valence-electron chi connectivity index (χ4n) is 5.20. The molecule has 4 saturated heterocycles. The van der Waals surface area contributed by atoms with Crippen molar-refractivity contribution in [2.24, 2.45) is 0 Å². The number of hydrogen-bond acceptors (Lipinski definition) is 5. The average molecular weight is 390 g/mol. The van der Waals surface area contributed by atoms with Crippen molar-refractivity contribution in [1.82, 2.24) is 10.2 Å². The molecule has 154 valence electrons. The number of halogens is 1. The lowest BCUT2D eigenvalue weighted by atomic mass is 9.86. The zero-order chi connectivity index (χ0) is 19.0. The molecule has 4 heterocycles. The molecule has 1 N–H and O–H groups in total. The van der Waals surface area contributed by atoms with Crippen LogP contribution in [0.3, 0.4) is 0 Å². The highest BCUT2D eigenvalue weighted by atomic mass is 19.1. The van der Waals surface area contributed by atoms with Gasteiger partial charge in [0.1, 0.15) is 17.7 Å². The zero-order valence-corrected chi connectivity index (χ0v) is 16.5. The number of rotatable bonds is 4. The Balaban J connectivity index is 1.22. The van der Waals surface area contributed by atoms with Crippen LogP contribution in [0.1, 0.15) is 43.6 Å². The van der Waals surface area contributed by atoms with E-state index >= 15 is 0 Å². The predicted octanol–water partition coefficient (Wildman–Crippen LogP) is 2.69. The molecule has 0 aromatic heterocycles. The lowest BCUT2D eigenvalue weighted by Crippen LogP contribution is -2.59. The van der Waals surface area contributed by atoms with Gasteiger partial charge in [-0.3, -0.25) is 4.90 Å². The first-order chi connectivity index (χ1) is 13.7. The summed E-state index contributed by atoms with van der Waals surface area (Å²) in [6.07, 6.45) is 5.25. The van der Waals surface area contributed by atoms with Crippen molar-refractivity contribution in [3.05, 3.63) is 29.6 Å². The van der Waals surface area contributed by atoms with E-state index in [-0.39, 0.29) is 17.5 Å².